The van der Waals surface area contributed by atoms with Crippen molar-refractivity contribution < 1.29 is 8.42 Å². The molecule has 1 saturated carbocycles. The molecule has 2 fully saturated rings. The Morgan fingerprint density at radius 2 is 2.07 bits per heavy atom. The number of rotatable bonds is 5. The maximum Gasteiger partial charge on any atom is 0.217 e. The van der Waals surface area contributed by atoms with Crippen LogP contribution in [0.25, 0.3) is 0 Å². The molecular weight excluding hydrogens is 212 g/mol. The van der Waals surface area contributed by atoms with Crippen molar-refractivity contribution in [2.24, 2.45) is 0 Å². The summed E-state index contributed by atoms with van der Waals surface area (Å²) >= 11 is 0. The van der Waals surface area contributed by atoms with Crippen LogP contribution in [0.1, 0.15) is 32.6 Å². The van der Waals surface area contributed by atoms with Gasteiger partial charge in [-0.3, -0.25) is 0 Å². The molecule has 2 aliphatic rings. The summed E-state index contributed by atoms with van der Waals surface area (Å²) in [7, 11) is -2.97. The highest BCUT2D eigenvalue weighted by atomic mass is 32.2. The first kappa shape index (κ1) is 11.4. The van der Waals surface area contributed by atoms with Gasteiger partial charge in [-0.1, -0.05) is 6.92 Å². The van der Waals surface area contributed by atoms with Crippen LogP contribution in [0, 0.1) is 0 Å². The minimum atomic E-state index is -2.97. The summed E-state index contributed by atoms with van der Waals surface area (Å²) in [6, 6.07) is 0.374. The highest BCUT2D eigenvalue weighted by Gasteiger charge is 2.40. The van der Waals surface area contributed by atoms with E-state index in [1.165, 1.54) is 6.42 Å². The van der Waals surface area contributed by atoms with Crippen LogP contribution in [0.5, 0.6) is 0 Å². The molecule has 0 radical (unpaired) electrons. The molecule has 1 aliphatic carbocycles. The van der Waals surface area contributed by atoms with E-state index in [2.05, 4.69) is 5.32 Å². The number of likely N-dealkylation sites (N-methyl/N-ethyl adjacent to an activating group) is 1. The molecule has 0 aromatic carbocycles. The molecular formula is C10H20N2O2S. The van der Waals surface area contributed by atoms with Gasteiger partial charge in [0.2, 0.25) is 10.0 Å². The Labute approximate surface area is 92.1 Å². The van der Waals surface area contributed by atoms with Gasteiger partial charge < -0.3 is 5.32 Å². The zero-order valence-electron chi connectivity index (χ0n) is 9.28. The third kappa shape index (κ3) is 2.52. The fourth-order valence-electron chi connectivity index (χ4n) is 2.15. The van der Waals surface area contributed by atoms with Gasteiger partial charge in [-0.05, 0) is 32.2 Å². The summed E-state index contributed by atoms with van der Waals surface area (Å²) in [5.41, 5.74) is 0. The molecule has 1 N–H and O–H groups in total. The van der Waals surface area contributed by atoms with E-state index >= 15 is 0 Å². The molecule has 1 saturated heterocycles. The topological polar surface area (TPSA) is 49.4 Å². The average Bonchev–Trinajstić information content (AvgIpc) is 2.95. The molecule has 4 nitrogen and oxygen atoms in total. The molecule has 15 heavy (non-hydrogen) atoms. The van der Waals surface area contributed by atoms with Gasteiger partial charge in [0.15, 0.2) is 0 Å². The van der Waals surface area contributed by atoms with E-state index in [4.69, 9.17) is 0 Å². The molecule has 1 unspecified atom stereocenters. The molecule has 1 heterocycles. The van der Waals surface area contributed by atoms with Gasteiger partial charge >= 0.3 is 0 Å². The van der Waals surface area contributed by atoms with Crippen LogP contribution in [0.15, 0.2) is 0 Å². The van der Waals surface area contributed by atoms with Gasteiger partial charge in [0.25, 0.3) is 0 Å². The van der Waals surface area contributed by atoms with Crippen LogP contribution in [0.3, 0.4) is 0 Å². The zero-order valence-corrected chi connectivity index (χ0v) is 10.1. The van der Waals surface area contributed by atoms with E-state index in [9.17, 15) is 8.42 Å². The second-order valence-electron chi connectivity index (χ2n) is 4.49. The minimum absolute atomic E-state index is 0.0705. The van der Waals surface area contributed by atoms with E-state index in [1.807, 2.05) is 6.92 Å². The summed E-state index contributed by atoms with van der Waals surface area (Å²) in [4.78, 5) is 0. The number of nitrogens with zero attached hydrogens (tertiary/aromatic N) is 1. The summed E-state index contributed by atoms with van der Waals surface area (Å²) in [6.07, 6.45) is 4.00. The first-order valence-electron chi connectivity index (χ1n) is 5.87. The van der Waals surface area contributed by atoms with E-state index in [-0.39, 0.29) is 5.25 Å². The smallest absolute Gasteiger partial charge is 0.217 e. The van der Waals surface area contributed by atoms with Crippen molar-refractivity contribution in [2.75, 3.05) is 19.6 Å². The van der Waals surface area contributed by atoms with Gasteiger partial charge in [-0.2, -0.15) is 0 Å². The lowest BCUT2D eigenvalue weighted by atomic mass is 10.2. The van der Waals surface area contributed by atoms with Crippen LogP contribution < -0.4 is 5.32 Å². The monoisotopic (exact) mass is 232 g/mol. The van der Waals surface area contributed by atoms with Crippen molar-refractivity contribution in [3.8, 4) is 0 Å². The van der Waals surface area contributed by atoms with Gasteiger partial charge in [0.05, 0.1) is 5.25 Å². The van der Waals surface area contributed by atoms with E-state index < -0.39 is 10.0 Å². The van der Waals surface area contributed by atoms with Crippen molar-refractivity contribution in [1.82, 2.24) is 9.62 Å². The molecule has 0 spiro atoms. The lowest BCUT2D eigenvalue weighted by molar-refractivity contribution is 0.382. The molecule has 0 amide bonds. The molecule has 2 rings (SSSR count). The highest BCUT2D eigenvalue weighted by Crippen LogP contribution is 2.31. The predicted octanol–water partition coefficient (Wildman–Crippen LogP) is 0.552. The Morgan fingerprint density at radius 1 is 1.33 bits per heavy atom. The molecule has 5 heteroatoms. The summed E-state index contributed by atoms with van der Waals surface area (Å²) in [5.74, 6) is 0. The number of hydrogen-bond donors (Lipinski definition) is 1. The fourth-order valence-corrected chi connectivity index (χ4v) is 4.05. The quantitative estimate of drug-likeness (QED) is 0.753. The Balaban J connectivity index is 1.96. The van der Waals surface area contributed by atoms with Crippen molar-refractivity contribution in [2.45, 2.75) is 43.9 Å². The lowest BCUT2D eigenvalue weighted by Gasteiger charge is -2.23. The SMILES string of the molecule is CCN(CC1CCCN1)S(=O)(=O)C1CC1. The van der Waals surface area contributed by atoms with E-state index in [1.54, 1.807) is 4.31 Å². The van der Waals surface area contributed by atoms with Gasteiger partial charge in [-0.15, -0.1) is 0 Å². The third-order valence-corrected chi connectivity index (χ3v) is 5.69. The maximum atomic E-state index is 12.0. The fraction of sp³-hybridized carbons (Fsp3) is 1.00. The van der Waals surface area contributed by atoms with Crippen LogP contribution in [0.2, 0.25) is 0 Å². The van der Waals surface area contributed by atoms with Crippen molar-refractivity contribution in [3.63, 3.8) is 0 Å². The van der Waals surface area contributed by atoms with Gasteiger partial charge in [0, 0.05) is 19.1 Å². The Bertz CT molecular complexity index is 305. The first-order valence-corrected chi connectivity index (χ1v) is 7.37. The molecule has 0 aromatic heterocycles. The van der Waals surface area contributed by atoms with Crippen LogP contribution in [-0.4, -0.2) is 43.6 Å². The summed E-state index contributed by atoms with van der Waals surface area (Å²) in [6.45, 7) is 4.23. The van der Waals surface area contributed by atoms with Crippen LogP contribution in [0.4, 0.5) is 0 Å². The number of nitrogens with one attached hydrogen (secondary N) is 1. The number of sulfonamides is 1. The predicted molar refractivity (Wildman–Crippen MR) is 60.2 cm³/mol. The standard InChI is InChI=1S/C10H20N2O2S/c1-2-12(8-9-4-3-7-11-9)15(13,14)10-5-6-10/h9-11H,2-8H2,1H3. The third-order valence-electron chi connectivity index (χ3n) is 3.24. The van der Waals surface area contributed by atoms with Gasteiger partial charge in [-0.25, -0.2) is 12.7 Å². The van der Waals surface area contributed by atoms with E-state index in [0.717, 1.165) is 25.8 Å². The minimum Gasteiger partial charge on any atom is -0.313 e. The van der Waals surface area contributed by atoms with Crippen LogP contribution >= 0.6 is 0 Å². The molecule has 1 aliphatic heterocycles. The summed E-state index contributed by atoms with van der Waals surface area (Å²) in [5, 5.41) is 3.28. The van der Waals surface area contributed by atoms with Crippen LogP contribution in [-0.2, 0) is 10.0 Å². The largest absolute Gasteiger partial charge is 0.313 e. The lowest BCUT2D eigenvalue weighted by Crippen LogP contribution is -2.42. The Kier molecular flexibility index (Phi) is 3.33. The average molecular weight is 232 g/mol. The highest BCUT2D eigenvalue weighted by molar-refractivity contribution is 7.90. The second-order valence-corrected chi connectivity index (χ2v) is 6.70. The van der Waals surface area contributed by atoms with E-state index in [0.29, 0.717) is 19.1 Å². The molecule has 88 valence electrons. The number of hydrogen-bond acceptors (Lipinski definition) is 3. The molecule has 0 bridgehead atoms. The normalized spacial score (nSPS) is 27.5. The molecule has 1 atom stereocenters. The Hall–Kier alpha value is -0.130. The maximum absolute atomic E-state index is 12.0. The van der Waals surface area contributed by atoms with Crippen molar-refractivity contribution >= 4 is 10.0 Å². The van der Waals surface area contributed by atoms with Gasteiger partial charge in [0.1, 0.15) is 0 Å². The van der Waals surface area contributed by atoms with Crippen molar-refractivity contribution in [1.29, 1.82) is 0 Å². The first-order chi connectivity index (χ1) is 7.14. The zero-order chi connectivity index (χ0) is 10.9. The second kappa shape index (κ2) is 4.39. The summed E-state index contributed by atoms with van der Waals surface area (Å²) < 4.78 is 25.7. The molecule has 0 aromatic rings. The Morgan fingerprint density at radius 3 is 2.53 bits per heavy atom. The van der Waals surface area contributed by atoms with Crippen molar-refractivity contribution in [3.05, 3.63) is 0 Å².